The van der Waals surface area contributed by atoms with Crippen molar-refractivity contribution in [2.45, 2.75) is 13.5 Å². The molecule has 1 amide bonds. The van der Waals surface area contributed by atoms with E-state index in [1.165, 1.54) is 0 Å². The van der Waals surface area contributed by atoms with Gasteiger partial charge in [0.05, 0.1) is 11.3 Å². The molecule has 0 radical (unpaired) electrons. The summed E-state index contributed by atoms with van der Waals surface area (Å²) in [6, 6.07) is 21.9. The molecule has 29 heavy (non-hydrogen) atoms. The van der Waals surface area contributed by atoms with E-state index in [2.05, 4.69) is 15.3 Å². The summed E-state index contributed by atoms with van der Waals surface area (Å²) in [4.78, 5) is 33.7. The van der Waals surface area contributed by atoms with Crippen molar-refractivity contribution < 1.29 is 9.59 Å². The minimum atomic E-state index is -0.190. The van der Waals surface area contributed by atoms with E-state index in [0.29, 0.717) is 34.6 Å². The Hall–Kier alpha value is -3.86. The fourth-order valence-corrected chi connectivity index (χ4v) is 3.13. The van der Waals surface area contributed by atoms with Crippen LogP contribution in [-0.2, 0) is 6.54 Å². The number of nitrogens with zero attached hydrogens (tertiary/aromatic N) is 2. The van der Waals surface area contributed by atoms with Crippen LogP contribution < -0.4 is 5.32 Å². The first-order chi connectivity index (χ1) is 14.1. The van der Waals surface area contributed by atoms with Crippen LogP contribution in [0.1, 0.15) is 37.5 Å². The molecule has 4 rings (SSSR count). The summed E-state index contributed by atoms with van der Waals surface area (Å²) in [6.45, 7) is 2.16. The summed E-state index contributed by atoms with van der Waals surface area (Å²) in [5.41, 5.74) is 3.98. The van der Waals surface area contributed by atoms with Gasteiger partial charge in [-0.1, -0.05) is 54.6 Å². The fraction of sp³-hybridized carbons (Fsp3) is 0.0833. The Morgan fingerprint density at radius 3 is 2.38 bits per heavy atom. The number of hydrogen-bond acceptors (Lipinski definition) is 4. The number of pyridine rings is 2. The zero-order chi connectivity index (χ0) is 20.2. The lowest BCUT2D eigenvalue weighted by Crippen LogP contribution is -2.24. The predicted molar refractivity (Wildman–Crippen MR) is 112 cm³/mol. The number of benzene rings is 2. The van der Waals surface area contributed by atoms with Crippen LogP contribution in [0.3, 0.4) is 0 Å². The van der Waals surface area contributed by atoms with E-state index < -0.39 is 0 Å². The normalized spacial score (nSPS) is 10.7. The maximum absolute atomic E-state index is 12.6. The van der Waals surface area contributed by atoms with Crippen LogP contribution in [0.15, 0.2) is 79.0 Å². The van der Waals surface area contributed by atoms with E-state index in [1.54, 1.807) is 37.4 Å². The molecule has 0 aliphatic carbocycles. The highest BCUT2D eigenvalue weighted by atomic mass is 16.1. The number of fused-ring (bicyclic) bond motifs is 1. The van der Waals surface area contributed by atoms with Gasteiger partial charge in [-0.05, 0) is 30.7 Å². The molecule has 2 aromatic carbocycles. The van der Waals surface area contributed by atoms with Crippen LogP contribution in [0.2, 0.25) is 0 Å². The summed E-state index contributed by atoms with van der Waals surface area (Å²) in [5, 5.41) is 3.74. The van der Waals surface area contributed by atoms with E-state index in [-0.39, 0.29) is 11.7 Å². The third-order valence-electron chi connectivity index (χ3n) is 4.73. The molecular weight excluding hydrogens is 362 g/mol. The van der Waals surface area contributed by atoms with Gasteiger partial charge in [-0.2, -0.15) is 0 Å². The molecule has 0 saturated carbocycles. The van der Waals surface area contributed by atoms with Crippen molar-refractivity contribution >= 4 is 22.7 Å². The van der Waals surface area contributed by atoms with Crippen LogP contribution in [0.25, 0.3) is 11.0 Å². The van der Waals surface area contributed by atoms with Gasteiger partial charge in [0.15, 0.2) is 11.4 Å². The Morgan fingerprint density at radius 2 is 1.62 bits per heavy atom. The number of hydrogen-bond donors (Lipinski definition) is 1. The first-order valence-electron chi connectivity index (χ1n) is 9.31. The molecule has 5 nitrogen and oxygen atoms in total. The molecular formula is C24H19N3O2. The molecule has 1 N–H and O–H groups in total. The number of nitrogens with one attached hydrogen (secondary N) is 1. The van der Waals surface area contributed by atoms with Crippen LogP contribution in [0, 0.1) is 6.92 Å². The second kappa shape index (κ2) is 8.02. The SMILES string of the molecule is Cc1nc2ncccc2cc1C(=O)NCc1ccc(C(=O)c2ccccc2)cc1. The summed E-state index contributed by atoms with van der Waals surface area (Å²) in [5.74, 6) is -0.210. The second-order valence-electron chi connectivity index (χ2n) is 6.75. The van der Waals surface area contributed by atoms with Crippen LogP contribution in [0.5, 0.6) is 0 Å². The minimum absolute atomic E-state index is 0.0207. The summed E-state index contributed by atoms with van der Waals surface area (Å²) < 4.78 is 0. The van der Waals surface area contributed by atoms with Gasteiger partial charge in [-0.15, -0.1) is 0 Å². The first-order valence-corrected chi connectivity index (χ1v) is 9.31. The maximum Gasteiger partial charge on any atom is 0.253 e. The lowest BCUT2D eigenvalue weighted by molar-refractivity contribution is 0.0949. The molecule has 0 unspecified atom stereocenters. The Kier molecular flexibility index (Phi) is 5.12. The van der Waals surface area contributed by atoms with Crippen molar-refractivity contribution in [3.8, 4) is 0 Å². The van der Waals surface area contributed by atoms with Crippen LogP contribution in [0.4, 0.5) is 0 Å². The van der Waals surface area contributed by atoms with E-state index >= 15 is 0 Å². The molecule has 2 aromatic heterocycles. The van der Waals surface area contributed by atoms with E-state index in [1.807, 2.05) is 48.5 Å². The van der Waals surface area contributed by atoms with Gasteiger partial charge in [-0.25, -0.2) is 9.97 Å². The van der Waals surface area contributed by atoms with Crippen molar-refractivity contribution in [1.29, 1.82) is 0 Å². The molecule has 142 valence electrons. The summed E-state index contributed by atoms with van der Waals surface area (Å²) >= 11 is 0. The Morgan fingerprint density at radius 1 is 0.897 bits per heavy atom. The smallest absolute Gasteiger partial charge is 0.253 e. The van der Waals surface area contributed by atoms with Gasteiger partial charge in [0.1, 0.15) is 0 Å². The Balaban J connectivity index is 1.45. The highest BCUT2D eigenvalue weighted by Crippen LogP contribution is 2.15. The quantitative estimate of drug-likeness (QED) is 0.528. The third-order valence-corrected chi connectivity index (χ3v) is 4.73. The molecule has 5 heteroatoms. The average molecular weight is 381 g/mol. The number of carbonyl (C=O) groups is 2. The predicted octanol–water partition coefficient (Wildman–Crippen LogP) is 4.10. The monoisotopic (exact) mass is 381 g/mol. The Bertz CT molecular complexity index is 1190. The lowest BCUT2D eigenvalue weighted by Gasteiger charge is -2.09. The maximum atomic E-state index is 12.6. The van der Waals surface area contributed by atoms with Crippen molar-refractivity contribution in [2.24, 2.45) is 0 Å². The van der Waals surface area contributed by atoms with Gasteiger partial charge in [0, 0.05) is 29.3 Å². The van der Waals surface area contributed by atoms with Crippen molar-refractivity contribution in [3.05, 3.63) is 107 Å². The zero-order valence-corrected chi connectivity index (χ0v) is 15.9. The molecule has 0 bridgehead atoms. The highest BCUT2D eigenvalue weighted by Gasteiger charge is 2.12. The topological polar surface area (TPSA) is 72.0 Å². The van der Waals surface area contributed by atoms with Crippen molar-refractivity contribution in [3.63, 3.8) is 0 Å². The molecule has 0 aliphatic rings. The largest absolute Gasteiger partial charge is 0.348 e. The number of rotatable bonds is 5. The molecule has 0 fully saturated rings. The van der Waals surface area contributed by atoms with Gasteiger partial charge < -0.3 is 5.32 Å². The number of amides is 1. The van der Waals surface area contributed by atoms with Crippen LogP contribution >= 0.6 is 0 Å². The standard InChI is InChI=1S/C24H19N3O2/c1-16-21(14-20-8-5-13-25-23(20)27-16)24(29)26-15-17-9-11-19(12-10-17)22(28)18-6-3-2-4-7-18/h2-14H,15H2,1H3,(H,26,29). The fourth-order valence-electron chi connectivity index (χ4n) is 3.13. The minimum Gasteiger partial charge on any atom is -0.348 e. The third kappa shape index (κ3) is 4.04. The van der Waals surface area contributed by atoms with Gasteiger partial charge >= 0.3 is 0 Å². The van der Waals surface area contributed by atoms with Crippen molar-refractivity contribution in [1.82, 2.24) is 15.3 Å². The van der Waals surface area contributed by atoms with Gasteiger partial charge in [-0.3, -0.25) is 9.59 Å². The molecule has 4 aromatic rings. The van der Waals surface area contributed by atoms with Gasteiger partial charge in [0.25, 0.3) is 5.91 Å². The summed E-state index contributed by atoms with van der Waals surface area (Å²) in [7, 11) is 0. The first kappa shape index (κ1) is 18.5. The number of aryl methyl sites for hydroxylation is 1. The van der Waals surface area contributed by atoms with Gasteiger partial charge in [0.2, 0.25) is 0 Å². The molecule has 0 spiro atoms. The van der Waals surface area contributed by atoms with E-state index in [4.69, 9.17) is 0 Å². The molecule has 0 saturated heterocycles. The summed E-state index contributed by atoms with van der Waals surface area (Å²) in [6.07, 6.45) is 1.68. The van der Waals surface area contributed by atoms with E-state index in [0.717, 1.165) is 10.9 Å². The second-order valence-corrected chi connectivity index (χ2v) is 6.75. The van der Waals surface area contributed by atoms with Crippen LogP contribution in [-0.4, -0.2) is 21.7 Å². The number of carbonyl (C=O) groups excluding carboxylic acids is 2. The van der Waals surface area contributed by atoms with Crippen molar-refractivity contribution in [2.75, 3.05) is 0 Å². The Labute approximate surface area is 168 Å². The zero-order valence-electron chi connectivity index (χ0n) is 15.9. The van der Waals surface area contributed by atoms with E-state index in [9.17, 15) is 9.59 Å². The molecule has 0 aliphatic heterocycles. The highest BCUT2D eigenvalue weighted by molar-refractivity contribution is 6.09. The number of aromatic nitrogens is 2. The molecule has 2 heterocycles. The molecule has 0 atom stereocenters. The number of ketones is 1. The lowest BCUT2D eigenvalue weighted by atomic mass is 10.0. The average Bonchev–Trinajstić information content (AvgIpc) is 2.77.